The van der Waals surface area contributed by atoms with Crippen LogP contribution in [0, 0.1) is 5.82 Å². The maximum absolute atomic E-state index is 13.3. The largest absolute Gasteiger partial charge is 0.346 e. The predicted octanol–water partition coefficient (Wildman–Crippen LogP) is 4.11. The summed E-state index contributed by atoms with van der Waals surface area (Å²) in [7, 11) is 0. The smallest absolute Gasteiger partial charge is 0.243 e. The van der Waals surface area contributed by atoms with E-state index >= 15 is 0 Å². The molecule has 2 atom stereocenters. The van der Waals surface area contributed by atoms with Gasteiger partial charge in [0.25, 0.3) is 0 Å². The van der Waals surface area contributed by atoms with Crippen molar-refractivity contribution in [2.24, 2.45) is 0 Å². The number of hydrogen-bond donors (Lipinski definition) is 1. The summed E-state index contributed by atoms with van der Waals surface area (Å²) in [5.41, 5.74) is 2.20. The van der Waals surface area contributed by atoms with Crippen LogP contribution in [0.5, 0.6) is 0 Å². The molecule has 5 rings (SSSR count). The Balaban J connectivity index is 1.62. The van der Waals surface area contributed by atoms with Gasteiger partial charge >= 0.3 is 0 Å². The van der Waals surface area contributed by atoms with Gasteiger partial charge in [-0.15, -0.1) is 0 Å². The summed E-state index contributed by atoms with van der Waals surface area (Å²) in [6.45, 7) is 0. The average molecular weight is 345 g/mol. The Kier molecular flexibility index (Phi) is 3.41. The topological polar surface area (TPSA) is 55.6 Å². The highest BCUT2D eigenvalue weighted by atomic mass is 19.1. The van der Waals surface area contributed by atoms with E-state index in [1.807, 2.05) is 28.9 Å². The van der Waals surface area contributed by atoms with Crippen LogP contribution < -0.4 is 5.32 Å². The van der Waals surface area contributed by atoms with Crippen LogP contribution in [0.15, 0.2) is 66.7 Å². The molecule has 0 fully saturated rings. The highest BCUT2D eigenvalue weighted by Gasteiger charge is 2.31. The van der Waals surface area contributed by atoms with E-state index in [2.05, 4.69) is 51.2 Å². The van der Waals surface area contributed by atoms with Crippen LogP contribution in [0.3, 0.4) is 0 Å². The van der Waals surface area contributed by atoms with Crippen molar-refractivity contribution in [1.29, 1.82) is 0 Å². The summed E-state index contributed by atoms with van der Waals surface area (Å²) in [5, 5.41) is 17.9. The fourth-order valence-electron chi connectivity index (χ4n) is 3.75. The van der Waals surface area contributed by atoms with Crippen molar-refractivity contribution in [3.05, 3.63) is 83.7 Å². The third-order valence-corrected chi connectivity index (χ3v) is 5.01. The van der Waals surface area contributed by atoms with Gasteiger partial charge in [-0.2, -0.15) is 0 Å². The van der Waals surface area contributed by atoms with Crippen LogP contribution in [0.25, 0.3) is 10.8 Å². The Labute approximate surface area is 149 Å². The van der Waals surface area contributed by atoms with Gasteiger partial charge in [-0.25, -0.2) is 9.07 Å². The Morgan fingerprint density at radius 1 is 0.962 bits per heavy atom. The van der Waals surface area contributed by atoms with Crippen molar-refractivity contribution in [2.45, 2.75) is 18.5 Å². The Morgan fingerprint density at radius 2 is 1.77 bits per heavy atom. The number of hydrogen-bond acceptors (Lipinski definition) is 4. The van der Waals surface area contributed by atoms with Crippen LogP contribution in [0.4, 0.5) is 10.3 Å². The second-order valence-electron chi connectivity index (χ2n) is 6.52. The van der Waals surface area contributed by atoms with Gasteiger partial charge in [-0.1, -0.05) is 59.7 Å². The van der Waals surface area contributed by atoms with Crippen molar-refractivity contribution in [3.63, 3.8) is 0 Å². The lowest BCUT2D eigenvalue weighted by Gasteiger charge is -2.31. The molecule has 0 bridgehead atoms. The molecule has 0 aliphatic carbocycles. The lowest BCUT2D eigenvalue weighted by Crippen LogP contribution is -2.28. The predicted molar refractivity (Wildman–Crippen MR) is 97.3 cm³/mol. The molecule has 1 aliphatic heterocycles. The molecule has 0 spiro atoms. The van der Waals surface area contributed by atoms with Crippen molar-refractivity contribution in [2.75, 3.05) is 5.32 Å². The first-order valence-electron chi connectivity index (χ1n) is 8.57. The maximum atomic E-state index is 13.3. The number of tetrazole rings is 1. The molecule has 2 heterocycles. The van der Waals surface area contributed by atoms with E-state index in [0.29, 0.717) is 5.95 Å². The second kappa shape index (κ2) is 5.91. The van der Waals surface area contributed by atoms with Crippen LogP contribution in [0.2, 0.25) is 0 Å². The maximum Gasteiger partial charge on any atom is 0.243 e. The zero-order valence-electron chi connectivity index (χ0n) is 13.9. The minimum Gasteiger partial charge on any atom is -0.346 e. The molecular formula is C20H16FN5. The molecule has 4 aromatic rings. The first-order chi connectivity index (χ1) is 12.8. The Morgan fingerprint density at radius 3 is 2.65 bits per heavy atom. The Bertz CT molecular complexity index is 1070. The number of fused-ring (bicyclic) bond motifs is 2. The highest BCUT2D eigenvalue weighted by Crippen LogP contribution is 2.39. The fourth-order valence-corrected chi connectivity index (χ4v) is 3.75. The first-order valence-corrected chi connectivity index (χ1v) is 8.57. The van der Waals surface area contributed by atoms with E-state index in [4.69, 9.17) is 0 Å². The van der Waals surface area contributed by atoms with Gasteiger partial charge in [-0.05, 0) is 50.9 Å². The van der Waals surface area contributed by atoms with Gasteiger partial charge in [0.1, 0.15) is 5.82 Å². The van der Waals surface area contributed by atoms with Gasteiger partial charge in [0.2, 0.25) is 5.95 Å². The van der Waals surface area contributed by atoms with E-state index in [1.165, 1.54) is 28.5 Å². The van der Waals surface area contributed by atoms with Crippen LogP contribution in [0.1, 0.15) is 29.6 Å². The molecule has 5 nitrogen and oxygen atoms in total. The average Bonchev–Trinajstić information content (AvgIpc) is 3.16. The number of nitrogens with zero attached hydrogens (tertiary/aromatic N) is 4. The molecule has 1 N–H and O–H groups in total. The molecule has 0 radical (unpaired) electrons. The summed E-state index contributed by atoms with van der Waals surface area (Å²) in [5.74, 6) is 0.392. The fraction of sp³-hybridized carbons (Fsp3) is 0.150. The first kappa shape index (κ1) is 15.0. The highest BCUT2D eigenvalue weighted by molar-refractivity contribution is 5.86. The summed E-state index contributed by atoms with van der Waals surface area (Å²) in [6, 6.07) is 21.2. The van der Waals surface area contributed by atoms with E-state index in [-0.39, 0.29) is 17.9 Å². The van der Waals surface area contributed by atoms with Crippen molar-refractivity contribution < 1.29 is 4.39 Å². The molecule has 0 saturated heterocycles. The lowest BCUT2D eigenvalue weighted by molar-refractivity contribution is 0.426. The molecule has 0 saturated carbocycles. The molecule has 1 aromatic heterocycles. The standard InChI is InChI=1S/C20H16FN5/c21-15-10-8-14(9-11-15)18-12-19(26-20(22-18)23-24-25-26)17-7-3-5-13-4-1-2-6-16(13)17/h1-11,18-19H,12H2,(H,22,23,25). The number of anilines is 1. The minimum atomic E-state index is -0.236. The normalized spacial score (nSPS) is 19.1. The van der Waals surface area contributed by atoms with E-state index < -0.39 is 0 Å². The third-order valence-electron chi connectivity index (χ3n) is 5.01. The van der Waals surface area contributed by atoms with Gasteiger partial charge in [0.05, 0.1) is 12.1 Å². The van der Waals surface area contributed by atoms with Crippen molar-refractivity contribution in [1.82, 2.24) is 20.2 Å². The van der Waals surface area contributed by atoms with Crippen molar-refractivity contribution >= 4 is 16.7 Å². The summed E-state index contributed by atoms with van der Waals surface area (Å²) in [4.78, 5) is 0. The molecule has 3 aromatic carbocycles. The quantitative estimate of drug-likeness (QED) is 0.594. The lowest BCUT2D eigenvalue weighted by atomic mass is 9.90. The number of aromatic nitrogens is 4. The second-order valence-corrected chi connectivity index (χ2v) is 6.52. The number of rotatable bonds is 2. The van der Waals surface area contributed by atoms with E-state index in [9.17, 15) is 4.39 Å². The van der Waals surface area contributed by atoms with Gasteiger partial charge in [0, 0.05) is 0 Å². The molecule has 6 heteroatoms. The molecular weight excluding hydrogens is 329 g/mol. The summed E-state index contributed by atoms with van der Waals surface area (Å²) >= 11 is 0. The summed E-state index contributed by atoms with van der Waals surface area (Å²) < 4.78 is 15.1. The zero-order valence-corrected chi connectivity index (χ0v) is 13.9. The zero-order chi connectivity index (χ0) is 17.5. The molecule has 26 heavy (non-hydrogen) atoms. The van der Waals surface area contributed by atoms with Gasteiger partial charge in [0.15, 0.2) is 0 Å². The third kappa shape index (κ3) is 2.42. The number of benzene rings is 3. The van der Waals surface area contributed by atoms with Gasteiger partial charge in [-0.3, -0.25) is 0 Å². The SMILES string of the molecule is Fc1ccc(C2CC(c3cccc4ccccc34)n3nnnc3N2)cc1. The van der Waals surface area contributed by atoms with Crippen molar-refractivity contribution in [3.8, 4) is 0 Å². The van der Waals surface area contributed by atoms with E-state index in [1.54, 1.807) is 0 Å². The van der Waals surface area contributed by atoms with Gasteiger partial charge < -0.3 is 5.32 Å². The molecule has 1 aliphatic rings. The Hall–Kier alpha value is -3.28. The molecule has 128 valence electrons. The number of nitrogens with one attached hydrogen (secondary N) is 1. The van der Waals surface area contributed by atoms with E-state index in [0.717, 1.165) is 12.0 Å². The van der Waals surface area contributed by atoms with Crippen LogP contribution >= 0.6 is 0 Å². The monoisotopic (exact) mass is 345 g/mol. The summed E-state index contributed by atoms with van der Waals surface area (Å²) in [6.07, 6.45) is 0.775. The molecule has 2 unspecified atom stereocenters. The number of halogens is 1. The molecule has 0 amide bonds. The van der Waals surface area contributed by atoms with Crippen LogP contribution in [-0.4, -0.2) is 20.2 Å². The van der Waals surface area contributed by atoms with Crippen LogP contribution in [-0.2, 0) is 0 Å². The minimum absolute atomic E-state index is 0.00223.